The largest absolute Gasteiger partial charge is 0.359 e. The van der Waals surface area contributed by atoms with Crippen LogP contribution in [0.5, 0.6) is 0 Å². The molecule has 34 heavy (non-hydrogen) atoms. The first-order valence-electron chi connectivity index (χ1n) is 10.3. The molecule has 0 heterocycles. The van der Waals surface area contributed by atoms with Gasteiger partial charge in [-0.1, -0.05) is 48.5 Å². The Bertz CT molecular complexity index is 1270. The average molecular weight is 540 g/mol. The van der Waals surface area contributed by atoms with E-state index in [0.29, 0.717) is 27.0 Å². The monoisotopic (exact) mass is 538 g/mol. The van der Waals surface area contributed by atoms with Crippen LogP contribution in [-0.2, 0) is 0 Å². The van der Waals surface area contributed by atoms with E-state index in [9.17, 15) is 8.78 Å². The van der Waals surface area contributed by atoms with Crippen LogP contribution < -0.4 is 10.6 Å². The SMILES string of the molecule is C=C(Nc1c(F)cccc1F)c1cc(NC(=C)C2C(c3cc(C)cc(Cl)c3)C2(Cl)Cl)ccc1Cl. The van der Waals surface area contributed by atoms with E-state index < -0.39 is 16.0 Å². The third-order valence-corrected chi connectivity index (χ3v) is 7.18. The van der Waals surface area contributed by atoms with Crippen molar-refractivity contribution in [1.29, 1.82) is 0 Å². The molecule has 2 N–H and O–H groups in total. The molecule has 0 aliphatic heterocycles. The van der Waals surface area contributed by atoms with E-state index in [1.165, 1.54) is 6.07 Å². The number of halogens is 6. The van der Waals surface area contributed by atoms with Crippen molar-refractivity contribution in [3.8, 4) is 0 Å². The smallest absolute Gasteiger partial charge is 0.149 e. The standard InChI is InChI=1S/C26H20Cl4F2N2/c1-13-9-16(11-17(27)10-13)24-23(26(24,29)30)15(3)33-18-7-8-20(28)19(12-18)14(2)34-25-21(31)5-4-6-22(25)32/h4-12,23-24,33-34H,2-3H2,1H3. The molecule has 0 radical (unpaired) electrons. The molecule has 2 unspecified atom stereocenters. The van der Waals surface area contributed by atoms with E-state index in [1.54, 1.807) is 18.2 Å². The minimum absolute atomic E-state index is 0.180. The Morgan fingerprint density at radius 1 is 0.941 bits per heavy atom. The first-order valence-corrected chi connectivity index (χ1v) is 11.8. The molecule has 8 heteroatoms. The van der Waals surface area contributed by atoms with Gasteiger partial charge in [0.25, 0.3) is 0 Å². The molecule has 2 atom stereocenters. The number of nitrogens with one attached hydrogen (secondary N) is 2. The molecule has 0 amide bonds. The molecule has 3 aromatic rings. The summed E-state index contributed by atoms with van der Waals surface area (Å²) in [5.74, 6) is -1.92. The highest BCUT2D eigenvalue weighted by Gasteiger charge is 2.65. The zero-order valence-corrected chi connectivity index (χ0v) is 21.1. The Morgan fingerprint density at radius 2 is 1.62 bits per heavy atom. The van der Waals surface area contributed by atoms with Crippen LogP contribution in [0.4, 0.5) is 20.2 Å². The fourth-order valence-corrected chi connectivity index (χ4v) is 5.48. The molecule has 1 aliphatic carbocycles. The fraction of sp³-hybridized carbons (Fsp3) is 0.154. The first-order chi connectivity index (χ1) is 16.0. The zero-order chi connectivity index (χ0) is 24.8. The summed E-state index contributed by atoms with van der Waals surface area (Å²) in [4.78, 5) is 0. The van der Waals surface area contributed by atoms with Gasteiger partial charge in [-0.3, -0.25) is 0 Å². The lowest BCUT2D eigenvalue weighted by Gasteiger charge is -2.16. The molecule has 0 aromatic heterocycles. The van der Waals surface area contributed by atoms with Crippen molar-refractivity contribution in [2.45, 2.75) is 17.2 Å². The van der Waals surface area contributed by atoms with Gasteiger partial charge in [0.1, 0.15) is 21.7 Å². The zero-order valence-electron chi connectivity index (χ0n) is 18.0. The Labute approximate surface area is 217 Å². The predicted molar refractivity (Wildman–Crippen MR) is 140 cm³/mol. The molecule has 0 bridgehead atoms. The summed E-state index contributed by atoms with van der Waals surface area (Å²) in [7, 11) is 0. The molecule has 4 rings (SSSR count). The number of aryl methyl sites for hydroxylation is 1. The van der Waals surface area contributed by atoms with Gasteiger partial charge in [-0.15, -0.1) is 23.2 Å². The number of alkyl halides is 2. The van der Waals surface area contributed by atoms with Crippen molar-refractivity contribution in [3.05, 3.63) is 112 Å². The molecular formula is C26H20Cl4F2N2. The van der Waals surface area contributed by atoms with E-state index in [2.05, 4.69) is 23.8 Å². The Morgan fingerprint density at radius 3 is 2.26 bits per heavy atom. The maximum atomic E-state index is 14.0. The number of allylic oxidation sites excluding steroid dienone is 1. The van der Waals surface area contributed by atoms with Crippen LogP contribution in [0.25, 0.3) is 5.70 Å². The van der Waals surface area contributed by atoms with E-state index in [1.807, 2.05) is 25.1 Å². The van der Waals surface area contributed by atoms with Crippen molar-refractivity contribution >= 4 is 63.5 Å². The molecule has 2 nitrogen and oxygen atoms in total. The third kappa shape index (κ3) is 4.92. The van der Waals surface area contributed by atoms with E-state index in [0.717, 1.165) is 23.3 Å². The molecule has 0 spiro atoms. The van der Waals surface area contributed by atoms with Gasteiger partial charge in [-0.2, -0.15) is 0 Å². The minimum Gasteiger partial charge on any atom is -0.359 e. The summed E-state index contributed by atoms with van der Waals surface area (Å²) in [5, 5.41) is 6.86. The molecule has 176 valence electrons. The van der Waals surface area contributed by atoms with Gasteiger partial charge in [0.15, 0.2) is 0 Å². The van der Waals surface area contributed by atoms with E-state index in [-0.39, 0.29) is 23.2 Å². The van der Waals surface area contributed by atoms with Gasteiger partial charge in [0, 0.05) is 39.5 Å². The molecular weight excluding hydrogens is 520 g/mol. The van der Waals surface area contributed by atoms with Crippen LogP contribution >= 0.6 is 46.4 Å². The second-order valence-electron chi connectivity index (χ2n) is 8.24. The minimum atomic E-state index is -1.04. The summed E-state index contributed by atoms with van der Waals surface area (Å²) in [6.45, 7) is 9.97. The highest BCUT2D eigenvalue weighted by atomic mass is 35.5. The number of benzene rings is 3. The lowest BCUT2D eigenvalue weighted by molar-refractivity contribution is 0.591. The van der Waals surface area contributed by atoms with Crippen LogP contribution in [0, 0.1) is 24.5 Å². The van der Waals surface area contributed by atoms with Crippen molar-refractivity contribution in [2.75, 3.05) is 10.6 Å². The summed E-state index contributed by atoms with van der Waals surface area (Å²) < 4.78 is 27.0. The maximum absolute atomic E-state index is 14.0. The van der Waals surface area contributed by atoms with Gasteiger partial charge in [0.05, 0.1) is 5.02 Å². The van der Waals surface area contributed by atoms with Crippen LogP contribution in [0.15, 0.2) is 73.5 Å². The van der Waals surface area contributed by atoms with Gasteiger partial charge in [0.2, 0.25) is 0 Å². The van der Waals surface area contributed by atoms with Crippen molar-refractivity contribution in [1.82, 2.24) is 0 Å². The molecule has 0 saturated heterocycles. The van der Waals surface area contributed by atoms with Gasteiger partial charge in [-0.25, -0.2) is 8.78 Å². The lowest BCUT2D eigenvalue weighted by atomic mass is 10.1. The fourth-order valence-electron chi connectivity index (χ4n) is 4.05. The summed E-state index contributed by atoms with van der Waals surface area (Å²) in [6, 6.07) is 14.4. The molecule has 1 saturated carbocycles. The van der Waals surface area contributed by atoms with E-state index >= 15 is 0 Å². The number of anilines is 2. The highest BCUT2D eigenvalue weighted by molar-refractivity contribution is 6.52. The Hall–Kier alpha value is -2.24. The van der Waals surface area contributed by atoms with Crippen molar-refractivity contribution < 1.29 is 8.78 Å². The molecule has 1 fully saturated rings. The van der Waals surface area contributed by atoms with Gasteiger partial charge >= 0.3 is 0 Å². The van der Waals surface area contributed by atoms with Gasteiger partial charge < -0.3 is 10.6 Å². The third-order valence-electron chi connectivity index (χ3n) is 5.69. The van der Waals surface area contributed by atoms with Crippen LogP contribution in [0.1, 0.15) is 22.6 Å². The van der Waals surface area contributed by atoms with Crippen LogP contribution in [0.3, 0.4) is 0 Å². The quantitative estimate of drug-likeness (QED) is 0.292. The first kappa shape index (κ1) is 24.9. The normalized spacial score (nSPS) is 18.3. The van der Waals surface area contributed by atoms with Gasteiger partial charge in [-0.05, 0) is 60.5 Å². The maximum Gasteiger partial charge on any atom is 0.149 e. The number of rotatable bonds is 7. The van der Waals surface area contributed by atoms with Crippen LogP contribution in [0.2, 0.25) is 10.0 Å². The van der Waals surface area contributed by atoms with Crippen molar-refractivity contribution in [3.63, 3.8) is 0 Å². The second kappa shape index (κ2) is 9.43. The second-order valence-corrected chi connectivity index (χ2v) is 10.5. The van der Waals surface area contributed by atoms with Crippen LogP contribution in [-0.4, -0.2) is 4.33 Å². The Kier molecular flexibility index (Phi) is 6.90. The predicted octanol–water partition coefficient (Wildman–Crippen LogP) is 9.18. The average Bonchev–Trinajstić information content (AvgIpc) is 3.33. The molecule has 3 aromatic carbocycles. The number of para-hydroxylation sites is 1. The van der Waals surface area contributed by atoms with E-state index in [4.69, 9.17) is 46.4 Å². The number of hydrogen-bond donors (Lipinski definition) is 2. The lowest BCUT2D eigenvalue weighted by Crippen LogP contribution is -2.06. The topological polar surface area (TPSA) is 24.1 Å². The summed E-state index contributed by atoms with van der Waals surface area (Å²) >= 11 is 25.8. The summed E-state index contributed by atoms with van der Waals surface area (Å²) in [5.41, 5.74) is 3.57. The molecule has 1 aliphatic rings. The summed E-state index contributed by atoms with van der Waals surface area (Å²) in [6.07, 6.45) is 0. The van der Waals surface area contributed by atoms with Crippen molar-refractivity contribution in [2.24, 2.45) is 5.92 Å². The highest BCUT2D eigenvalue weighted by Crippen LogP contribution is 2.67. The number of hydrogen-bond acceptors (Lipinski definition) is 2. The Balaban J connectivity index is 1.53.